The average molecular weight is 229 g/mol. The number of rotatable bonds is 1. The SMILES string of the molecule is CC(C)(C)c1nc(-c2ccccc2)nc(=O)[nH]1. The quantitative estimate of drug-likeness (QED) is 0.815. The summed E-state index contributed by atoms with van der Waals surface area (Å²) in [6, 6.07) is 9.50. The van der Waals surface area contributed by atoms with E-state index in [2.05, 4.69) is 15.0 Å². The van der Waals surface area contributed by atoms with Crippen LogP contribution in [0.4, 0.5) is 0 Å². The molecular formula is C13H15N3O. The molecule has 0 radical (unpaired) electrons. The van der Waals surface area contributed by atoms with E-state index in [1.54, 1.807) is 0 Å². The van der Waals surface area contributed by atoms with Gasteiger partial charge in [0.15, 0.2) is 5.82 Å². The topological polar surface area (TPSA) is 58.6 Å². The number of benzene rings is 1. The van der Waals surface area contributed by atoms with E-state index in [1.807, 2.05) is 51.1 Å². The fraction of sp³-hybridized carbons (Fsp3) is 0.308. The first-order valence-electron chi connectivity index (χ1n) is 5.51. The number of H-pyrrole nitrogens is 1. The van der Waals surface area contributed by atoms with Gasteiger partial charge in [0.25, 0.3) is 0 Å². The molecule has 1 N–H and O–H groups in total. The molecule has 0 saturated heterocycles. The van der Waals surface area contributed by atoms with Crippen LogP contribution in [0, 0.1) is 0 Å². The summed E-state index contributed by atoms with van der Waals surface area (Å²) in [6.07, 6.45) is 0. The lowest BCUT2D eigenvalue weighted by molar-refractivity contribution is 0.539. The van der Waals surface area contributed by atoms with Crippen molar-refractivity contribution in [2.45, 2.75) is 26.2 Å². The molecule has 0 atom stereocenters. The van der Waals surface area contributed by atoms with Gasteiger partial charge in [-0.15, -0.1) is 0 Å². The van der Waals surface area contributed by atoms with E-state index in [1.165, 1.54) is 0 Å². The number of aromatic nitrogens is 3. The van der Waals surface area contributed by atoms with Crippen molar-refractivity contribution in [1.29, 1.82) is 0 Å². The van der Waals surface area contributed by atoms with Crippen molar-refractivity contribution in [2.24, 2.45) is 0 Å². The summed E-state index contributed by atoms with van der Waals surface area (Å²) < 4.78 is 0. The Labute approximate surface area is 99.8 Å². The van der Waals surface area contributed by atoms with Gasteiger partial charge in [0, 0.05) is 11.0 Å². The number of aromatic amines is 1. The van der Waals surface area contributed by atoms with Crippen LogP contribution in [0.1, 0.15) is 26.6 Å². The summed E-state index contributed by atoms with van der Waals surface area (Å²) in [4.78, 5) is 22.5. The molecule has 0 aliphatic carbocycles. The molecule has 4 heteroatoms. The largest absolute Gasteiger partial charge is 0.348 e. The minimum Gasteiger partial charge on any atom is -0.293 e. The molecule has 88 valence electrons. The summed E-state index contributed by atoms with van der Waals surface area (Å²) in [7, 11) is 0. The van der Waals surface area contributed by atoms with Crippen molar-refractivity contribution >= 4 is 0 Å². The monoisotopic (exact) mass is 229 g/mol. The normalized spacial score (nSPS) is 11.5. The highest BCUT2D eigenvalue weighted by molar-refractivity contribution is 5.53. The maximum absolute atomic E-state index is 11.5. The van der Waals surface area contributed by atoms with E-state index >= 15 is 0 Å². The lowest BCUT2D eigenvalue weighted by atomic mass is 9.96. The molecule has 1 heterocycles. The molecule has 0 fully saturated rings. The van der Waals surface area contributed by atoms with E-state index in [4.69, 9.17) is 0 Å². The fourth-order valence-corrected chi connectivity index (χ4v) is 1.46. The minimum atomic E-state index is -0.358. The first-order chi connectivity index (χ1) is 7.97. The molecule has 2 aromatic rings. The number of nitrogens with one attached hydrogen (secondary N) is 1. The Morgan fingerprint density at radius 1 is 1.06 bits per heavy atom. The van der Waals surface area contributed by atoms with Crippen molar-refractivity contribution in [3.05, 3.63) is 46.6 Å². The van der Waals surface area contributed by atoms with Crippen LogP contribution >= 0.6 is 0 Å². The Kier molecular flexibility index (Phi) is 2.79. The van der Waals surface area contributed by atoms with Crippen molar-refractivity contribution < 1.29 is 0 Å². The van der Waals surface area contributed by atoms with Crippen LogP contribution in [0.2, 0.25) is 0 Å². The lowest BCUT2D eigenvalue weighted by Gasteiger charge is -2.17. The van der Waals surface area contributed by atoms with Crippen molar-refractivity contribution in [3.8, 4) is 11.4 Å². The van der Waals surface area contributed by atoms with Crippen LogP contribution in [0.5, 0.6) is 0 Å². The zero-order valence-electron chi connectivity index (χ0n) is 10.2. The maximum atomic E-state index is 11.5. The maximum Gasteiger partial charge on any atom is 0.348 e. The fourth-order valence-electron chi connectivity index (χ4n) is 1.46. The summed E-state index contributed by atoms with van der Waals surface area (Å²) in [5.41, 5.74) is 0.291. The van der Waals surface area contributed by atoms with Gasteiger partial charge in [0.05, 0.1) is 0 Å². The lowest BCUT2D eigenvalue weighted by Crippen LogP contribution is -2.24. The highest BCUT2D eigenvalue weighted by Gasteiger charge is 2.18. The Balaban J connectivity index is 2.58. The molecule has 0 saturated carbocycles. The molecule has 0 bridgehead atoms. The zero-order chi connectivity index (χ0) is 12.5. The van der Waals surface area contributed by atoms with Crippen LogP contribution in [0.15, 0.2) is 35.1 Å². The summed E-state index contributed by atoms with van der Waals surface area (Å²) in [5, 5.41) is 0. The van der Waals surface area contributed by atoms with Crippen molar-refractivity contribution in [2.75, 3.05) is 0 Å². The van der Waals surface area contributed by atoms with Crippen molar-refractivity contribution in [1.82, 2.24) is 15.0 Å². The Morgan fingerprint density at radius 2 is 1.71 bits per heavy atom. The van der Waals surface area contributed by atoms with Crippen molar-refractivity contribution in [3.63, 3.8) is 0 Å². The molecular weight excluding hydrogens is 214 g/mol. The third-order valence-corrected chi connectivity index (χ3v) is 2.39. The highest BCUT2D eigenvalue weighted by Crippen LogP contribution is 2.19. The number of hydrogen-bond acceptors (Lipinski definition) is 3. The summed E-state index contributed by atoms with van der Waals surface area (Å²) in [6.45, 7) is 6.00. The van der Waals surface area contributed by atoms with Crippen LogP contribution in [0.25, 0.3) is 11.4 Å². The average Bonchev–Trinajstić information content (AvgIpc) is 2.28. The predicted octanol–water partition coefficient (Wildman–Crippen LogP) is 2.13. The summed E-state index contributed by atoms with van der Waals surface area (Å²) in [5.74, 6) is 1.12. The van der Waals surface area contributed by atoms with E-state index in [0.717, 1.165) is 5.56 Å². The van der Waals surface area contributed by atoms with Gasteiger partial charge in [-0.25, -0.2) is 9.78 Å². The Morgan fingerprint density at radius 3 is 2.29 bits per heavy atom. The van der Waals surface area contributed by atoms with Crippen LogP contribution in [-0.4, -0.2) is 15.0 Å². The molecule has 17 heavy (non-hydrogen) atoms. The molecule has 1 aromatic heterocycles. The molecule has 1 aromatic carbocycles. The van der Waals surface area contributed by atoms with Crippen LogP contribution in [0.3, 0.4) is 0 Å². The standard InChI is InChI=1S/C13H15N3O/c1-13(2,3)11-14-10(15-12(17)16-11)9-7-5-4-6-8-9/h4-8H,1-3H3,(H,14,15,16,17). The number of nitrogens with zero attached hydrogens (tertiary/aromatic N) is 2. The second kappa shape index (κ2) is 4.13. The Hall–Kier alpha value is -1.97. The third-order valence-electron chi connectivity index (χ3n) is 2.39. The van der Waals surface area contributed by atoms with Gasteiger partial charge in [0.1, 0.15) is 5.82 Å². The second-order valence-corrected chi connectivity index (χ2v) is 4.94. The molecule has 0 amide bonds. The van der Waals surface area contributed by atoms with Gasteiger partial charge >= 0.3 is 5.69 Å². The van der Waals surface area contributed by atoms with Gasteiger partial charge in [-0.2, -0.15) is 4.98 Å². The molecule has 0 unspecified atom stereocenters. The van der Waals surface area contributed by atoms with E-state index < -0.39 is 0 Å². The van der Waals surface area contributed by atoms with E-state index in [0.29, 0.717) is 11.6 Å². The zero-order valence-corrected chi connectivity index (χ0v) is 10.2. The highest BCUT2D eigenvalue weighted by atomic mass is 16.1. The van der Waals surface area contributed by atoms with Gasteiger partial charge in [-0.3, -0.25) is 4.98 Å². The second-order valence-electron chi connectivity index (χ2n) is 4.94. The van der Waals surface area contributed by atoms with Crippen LogP contribution < -0.4 is 5.69 Å². The molecule has 4 nitrogen and oxygen atoms in total. The predicted molar refractivity (Wildman–Crippen MR) is 66.8 cm³/mol. The minimum absolute atomic E-state index is 0.203. The van der Waals surface area contributed by atoms with Gasteiger partial charge in [-0.05, 0) is 0 Å². The molecule has 0 aliphatic rings. The summed E-state index contributed by atoms with van der Waals surface area (Å²) >= 11 is 0. The van der Waals surface area contributed by atoms with Gasteiger partial charge in [-0.1, -0.05) is 51.1 Å². The smallest absolute Gasteiger partial charge is 0.293 e. The van der Waals surface area contributed by atoms with Crippen LogP contribution in [-0.2, 0) is 5.41 Å². The molecule has 0 spiro atoms. The Bertz CT molecular complexity index is 567. The molecule has 2 rings (SSSR count). The first kappa shape index (κ1) is 11.5. The number of hydrogen-bond donors (Lipinski definition) is 1. The third kappa shape index (κ3) is 2.58. The van der Waals surface area contributed by atoms with Gasteiger partial charge in [0.2, 0.25) is 0 Å². The van der Waals surface area contributed by atoms with E-state index in [9.17, 15) is 4.79 Å². The van der Waals surface area contributed by atoms with E-state index in [-0.39, 0.29) is 11.1 Å². The first-order valence-corrected chi connectivity index (χ1v) is 5.51. The molecule has 0 aliphatic heterocycles. The van der Waals surface area contributed by atoms with Gasteiger partial charge < -0.3 is 0 Å².